The van der Waals surface area contributed by atoms with Gasteiger partial charge in [0.2, 0.25) is 0 Å². The lowest BCUT2D eigenvalue weighted by atomic mass is 9.99. The van der Waals surface area contributed by atoms with E-state index in [9.17, 15) is 13.2 Å². The van der Waals surface area contributed by atoms with Crippen molar-refractivity contribution in [3.8, 4) is 5.75 Å². The second-order valence-corrected chi connectivity index (χ2v) is 4.71. The molecule has 7 heteroatoms. The molecule has 0 heterocycles. The molecule has 0 aliphatic carbocycles. The van der Waals surface area contributed by atoms with Gasteiger partial charge in [-0.15, -0.1) is 13.2 Å². The zero-order chi connectivity index (χ0) is 15.5. The molecule has 21 heavy (non-hydrogen) atoms. The number of ether oxygens (including phenoxy) is 1. The number of hydrazine groups is 1. The Morgan fingerprint density at radius 2 is 1.71 bits per heavy atom. The van der Waals surface area contributed by atoms with Gasteiger partial charge >= 0.3 is 6.36 Å². The van der Waals surface area contributed by atoms with Gasteiger partial charge in [0.15, 0.2) is 0 Å². The Bertz CT molecular complexity index is 602. The summed E-state index contributed by atoms with van der Waals surface area (Å²) in [6, 6.07) is 12.0. The highest BCUT2D eigenvalue weighted by Crippen LogP contribution is 2.28. The minimum atomic E-state index is -4.73. The predicted octanol–water partition coefficient (Wildman–Crippen LogP) is 3.79. The number of nitrogens with one attached hydrogen (secondary N) is 1. The normalized spacial score (nSPS) is 13.0. The van der Waals surface area contributed by atoms with Crippen LogP contribution in [0.5, 0.6) is 5.75 Å². The van der Waals surface area contributed by atoms with Crippen molar-refractivity contribution < 1.29 is 17.9 Å². The fourth-order valence-corrected chi connectivity index (χ4v) is 2.06. The van der Waals surface area contributed by atoms with Crippen LogP contribution in [0.4, 0.5) is 13.2 Å². The predicted molar refractivity (Wildman–Crippen MR) is 73.7 cm³/mol. The molecule has 0 spiro atoms. The maximum absolute atomic E-state index is 12.2. The Hall–Kier alpha value is -1.76. The third-order valence-corrected chi connectivity index (χ3v) is 3.05. The number of hydrogen-bond acceptors (Lipinski definition) is 3. The van der Waals surface area contributed by atoms with E-state index in [-0.39, 0.29) is 5.75 Å². The second kappa shape index (κ2) is 6.34. The average Bonchev–Trinajstić information content (AvgIpc) is 2.40. The molecule has 0 bridgehead atoms. The molecule has 112 valence electrons. The van der Waals surface area contributed by atoms with Gasteiger partial charge in [0.1, 0.15) is 5.75 Å². The summed E-state index contributed by atoms with van der Waals surface area (Å²) in [5.74, 6) is 5.21. The number of hydrogen-bond donors (Lipinski definition) is 2. The van der Waals surface area contributed by atoms with E-state index in [2.05, 4.69) is 10.2 Å². The summed E-state index contributed by atoms with van der Waals surface area (Å²) in [6.45, 7) is 0. The Kier molecular flexibility index (Phi) is 4.72. The van der Waals surface area contributed by atoms with Gasteiger partial charge in [-0.1, -0.05) is 35.9 Å². The molecule has 2 rings (SSSR count). The maximum atomic E-state index is 12.2. The summed E-state index contributed by atoms with van der Waals surface area (Å²) < 4.78 is 40.6. The molecule has 1 unspecified atom stereocenters. The largest absolute Gasteiger partial charge is 0.573 e. The first kappa shape index (κ1) is 15.6. The zero-order valence-corrected chi connectivity index (χ0v) is 11.4. The molecule has 0 amide bonds. The highest BCUT2D eigenvalue weighted by Gasteiger charge is 2.31. The van der Waals surface area contributed by atoms with Crippen LogP contribution in [0.25, 0.3) is 0 Å². The summed E-state index contributed by atoms with van der Waals surface area (Å²) in [5, 5.41) is 0.559. The molecule has 0 aliphatic heterocycles. The summed E-state index contributed by atoms with van der Waals surface area (Å²) in [4.78, 5) is 0. The fraction of sp³-hybridized carbons (Fsp3) is 0.143. The molecule has 2 aromatic rings. The molecule has 3 nitrogen and oxygen atoms in total. The second-order valence-electron chi connectivity index (χ2n) is 4.27. The van der Waals surface area contributed by atoms with Crippen LogP contribution in [0.15, 0.2) is 48.5 Å². The van der Waals surface area contributed by atoms with Gasteiger partial charge in [-0.2, -0.15) is 0 Å². The molecule has 0 aromatic heterocycles. The van der Waals surface area contributed by atoms with Crippen molar-refractivity contribution in [1.82, 2.24) is 5.43 Å². The lowest BCUT2D eigenvalue weighted by Gasteiger charge is -2.18. The van der Waals surface area contributed by atoms with Crippen LogP contribution in [0, 0.1) is 0 Å². The van der Waals surface area contributed by atoms with Crippen LogP contribution in [0.1, 0.15) is 17.2 Å². The fourth-order valence-electron chi connectivity index (χ4n) is 1.93. The van der Waals surface area contributed by atoms with Crippen LogP contribution >= 0.6 is 11.6 Å². The molecule has 1 atom stereocenters. The summed E-state index contributed by atoms with van der Waals surface area (Å²) in [7, 11) is 0. The van der Waals surface area contributed by atoms with Gasteiger partial charge < -0.3 is 4.74 Å². The van der Waals surface area contributed by atoms with E-state index < -0.39 is 12.4 Å². The number of benzene rings is 2. The van der Waals surface area contributed by atoms with E-state index in [4.69, 9.17) is 17.4 Å². The number of alkyl halides is 3. The minimum absolute atomic E-state index is 0.297. The molecular formula is C14H12ClF3N2O. The molecule has 0 aliphatic rings. The molecule has 3 N–H and O–H groups in total. The highest BCUT2D eigenvalue weighted by atomic mass is 35.5. The molecule has 0 saturated heterocycles. The highest BCUT2D eigenvalue weighted by molar-refractivity contribution is 6.30. The first-order valence-electron chi connectivity index (χ1n) is 5.96. The van der Waals surface area contributed by atoms with Crippen LogP contribution in [-0.4, -0.2) is 6.36 Å². The van der Waals surface area contributed by atoms with Gasteiger partial charge in [-0.25, -0.2) is 5.43 Å². The van der Waals surface area contributed by atoms with Crippen molar-refractivity contribution in [2.45, 2.75) is 12.4 Å². The third-order valence-electron chi connectivity index (χ3n) is 2.80. The summed E-state index contributed by atoms with van der Waals surface area (Å²) >= 11 is 5.81. The van der Waals surface area contributed by atoms with E-state index in [0.717, 1.165) is 5.56 Å². The Labute approximate surface area is 124 Å². The van der Waals surface area contributed by atoms with Gasteiger partial charge in [0.05, 0.1) is 6.04 Å². The Morgan fingerprint density at radius 3 is 2.29 bits per heavy atom. The zero-order valence-electron chi connectivity index (χ0n) is 10.7. The first-order chi connectivity index (χ1) is 9.89. The molecule has 0 fully saturated rings. The molecule has 2 aromatic carbocycles. The van der Waals surface area contributed by atoms with E-state index >= 15 is 0 Å². The van der Waals surface area contributed by atoms with Gasteiger partial charge in [-0.3, -0.25) is 5.84 Å². The quantitative estimate of drug-likeness (QED) is 0.666. The van der Waals surface area contributed by atoms with E-state index in [0.29, 0.717) is 10.6 Å². The average molecular weight is 317 g/mol. The number of nitrogens with two attached hydrogens (primary N) is 1. The summed E-state index contributed by atoms with van der Waals surface area (Å²) in [5.41, 5.74) is 3.88. The van der Waals surface area contributed by atoms with Gasteiger partial charge in [0, 0.05) is 5.02 Å². The van der Waals surface area contributed by atoms with Crippen molar-refractivity contribution in [2.75, 3.05) is 0 Å². The smallest absolute Gasteiger partial charge is 0.406 e. The minimum Gasteiger partial charge on any atom is -0.406 e. The lowest BCUT2D eigenvalue weighted by molar-refractivity contribution is -0.274. The van der Waals surface area contributed by atoms with Gasteiger partial charge in [0.25, 0.3) is 0 Å². The Morgan fingerprint density at radius 1 is 1.05 bits per heavy atom. The molecule has 0 radical (unpaired) electrons. The van der Waals surface area contributed by atoms with Crippen molar-refractivity contribution >= 4 is 11.6 Å². The lowest BCUT2D eigenvalue weighted by Crippen LogP contribution is -2.28. The number of rotatable bonds is 4. The van der Waals surface area contributed by atoms with Crippen molar-refractivity contribution in [2.24, 2.45) is 5.84 Å². The van der Waals surface area contributed by atoms with Crippen LogP contribution in [-0.2, 0) is 0 Å². The van der Waals surface area contributed by atoms with Crippen LogP contribution in [0.3, 0.4) is 0 Å². The monoisotopic (exact) mass is 316 g/mol. The topological polar surface area (TPSA) is 47.3 Å². The molecular weight excluding hydrogens is 305 g/mol. The first-order valence-corrected chi connectivity index (χ1v) is 6.34. The molecule has 0 saturated carbocycles. The van der Waals surface area contributed by atoms with Crippen molar-refractivity contribution in [3.63, 3.8) is 0 Å². The van der Waals surface area contributed by atoms with E-state index in [1.807, 2.05) is 0 Å². The van der Waals surface area contributed by atoms with Gasteiger partial charge in [-0.05, 0) is 35.4 Å². The standard InChI is InChI=1S/C14H12ClF3N2O/c15-11-6-4-9(5-7-11)13(20-19)10-2-1-3-12(8-10)21-14(16,17)18/h1-8,13,20H,19H2. The SMILES string of the molecule is NNC(c1ccc(Cl)cc1)c1cccc(OC(F)(F)F)c1. The van der Waals surface area contributed by atoms with E-state index in [1.54, 1.807) is 30.3 Å². The van der Waals surface area contributed by atoms with Crippen molar-refractivity contribution in [1.29, 1.82) is 0 Å². The van der Waals surface area contributed by atoms with Crippen LogP contribution < -0.4 is 16.0 Å². The van der Waals surface area contributed by atoms with E-state index in [1.165, 1.54) is 18.2 Å². The van der Waals surface area contributed by atoms with Crippen molar-refractivity contribution in [3.05, 3.63) is 64.7 Å². The van der Waals surface area contributed by atoms with Crippen LogP contribution in [0.2, 0.25) is 5.02 Å². The third kappa shape index (κ3) is 4.35. The summed E-state index contributed by atoms with van der Waals surface area (Å²) in [6.07, 6.45) is -4.73. The number of halogens is 4. The Balaban J connectivity index is 2.30. The maximum Gasteiger partial charge on any atom is 0.573 e.